The third kappa shape index (κ3) is 14.5. The molecule has 0 spiro atoms. The molecule has 13 aromatic rings. The number of rotatable bonds is 13. The maximum Gasteiger partial charge on any atom is 0.339 e. The van der Waals surface area contributed by atoms with Crippen molar-refractivity contribution < 1.29 is 33.6 Å². The average Bonchev–Trinajstić information content (AvgIpc) is 1.65. The Morgan fingerprint density at radius 3 is 1.51 bits per heavy atom. The van der Waals surface area contributed by atoms with Gasteiger partial charge in [-0.3, -0.25) is 39.2 Å². The van der Waals surface area contributed by atoms with Crippen LogP contribution in [0.1, 0.15) is 66.5 Å². The molecule has 8 aromatic heterocycles. The van der Waals surface area contributed by atoms with Crippen LogP contribution in [0, 0.1) is 44.3 Å². The van der Waals surface area contributed by atoms with Gasteiger partial charge >= 0.3 is 5.97 Å². The van der Waals surface area contributed by atoms with Crippen molar-refractivity contribution in [1.82, 2.24) is 64.7 Å². The van der Waals surface area contributed by atoms with Crippen molar-refractivity contribution in [2.45, 2.75) is 0 Å². The Balaban J connectivity index is 0.000000142. The fraction of sp³-hybridized carbons (Fsp3) is 0.113. The zero-order chi connectivity index (χ0) is 68.4. The van der Waals surface area contributed by atoms with Gasteiger partial charge < -0.3 is 28.8 Å². The van der Waals surface area contributed by atoms with E-state index in [-0.39, 0.29) is 5.56 Å². The van der Waals surface area contributed by atoms with Gasteiger partial charge in [0.05, 0.1) is 136 Å². The number of fused-ring (bicyclic) bond motifs is 5. The fourth-order valence-electron chi connectivity index (χ4n) is 10.2. The maximum absolute atomic E-state index is 11.3. The van der Waals surface area contributed by atoms with Crippen LogP contribution >= 0.6 is 22.6 Å². The van der Waals surface area contributed by atoms with E-state index in [4.69, 9.17) is 40.8 Å². The number of aryl methyl sites for hydroxylation is 3. The van der Waals surface area contributed by atoms with Crippen molar-refractivity contribution in [3.63, 3.8) is 0 Å². The summed E-state index contributed by atoms with van der Waals surface area (Å²) in [7, 11) is 13.3. The number of hydrogen-bond donors (Lipinski definition) is 3. The molecule has 0 fully saturated rings. The summed E-state index contributed by atoms with van der Waals surface area (Å²) in [5.74, 6) is 1.52. The predicted molar refractivity (Wildman–Crippen MR) is 377 cm³/mol. The van der Waals surface area contributed by atoms with Gasteiger partial charge in [-0.25, -0.2) is 9.64 Å². The average molecular weight is 1390 g/mol. The van der Waals surface area contributed by atoms with Gasteiger partial charge in [0.1, 0.15) is 56.2 Å². The first-order chi connectivity index (χ1) is 46.7. The highest BCUT2D eigenvalue weighted by molar-refractivity contribution is 14.1. The van der Waals surface area contributed by atoms with Crippen molar-refractivity contribution in [2.24, 2.45) is 21.1 Å². The van der Waals surface area contributed by atoms with Gasteiger partial charge in [-0.05, 0) is 136 Å². The van der Waals surface area contributed by atoms with E-state index in [2.05, 4.69) is 103 Å². The van der Waals surface area contributed by atoms with E-state index in [1.165, 1.54) is 13.2 Å². The van der Waals surface area contributed by atoms with Gasteiger partial charge in [0.2, 0.25) is 5.69 Å². The van der Waals surface area contributed by atoms with E-state index in [0.29, 0.717) is 67.7 Å². The molecule has 476 valence electrons. The van der Waals surface area contributed by atoms with Gasteiger partial charge in [-0.15, -0.1) is 0 Å². The third-order valence-electron chi connectivity index (χ3n) is 14.6. The molecule has 0 bridgehead atoms. The zero-order valence-corrected chi connectivity index (χ0v) is 55.1. The van der Waals surface area contributed by atoms with E-state index in [9.17, 15) is 15.2 Å². The quantitative estimate of drug-likeness (QED) is 0.0713. The molecule has 0 saturated carbocycles. The minimum atomic E-state index is -1.04. The summed E-state index contributed by atoms with van der Waals surface area (Å²) >= 11 is 2.14. The minimum Gasteiger partial charge on any atom is -0.507 e. The lowest BCUT2D eigenvalue weighted by Crippen LogP contribution is -2.00. The maximum atomic E-state index is 11.3. The van der Waals surface area contributed by atoms with Crippen molar-refractivity contribution in [2.75, 3.05) is 35.5 Å². The van der Waals surface area contributed by atoms with Crippen LogP contribution in [0.3, 0.4) is 0 Å². The topological polar surface area (TPSA) is 309 Å². The van der Waals surface area contributed by atoms with Crippen LogP contribution < -0.4 is 23.7 Å². The summed E-state index contributed by atoms with van der Waals surface area (Å²) < 4.78 is 32.8. The minimum absolute atomic E-state index is 0.104. The fourth-order valence-corrected chi connectivity index (χ4v) is 11.1. The van der Waals surface area contributed by atoms with Crippen molar-refractivity contribution >= 4 is 131 Å². The first-order valence-electron chi connectivity index (χ1n) is 28.7. The van der Waals surface area contributed by atoms with E-state index in [0.717, 1.165) is 81.1 Å². The number of H-pyrrole nitrogens is 2. The summed E-state index contributed by atoms with van der Waals surface area (Å²) in [6.45, 7) is 10.8. The number of nitrogens with zero attached hydrogens (tertiary/aromatic N) is 15. The van der Waals surface area contributed by atoms with E-state index >= 15 is 0 Å². The summed E-state index contributed by atoms with van der Waals surface area (Å²) in [4.78, 5) is 26.9. The molecule has 0 aliphatic carbocycles. The smallest absolute Gasteiger partial charge is 0.339 e. The molecule has 25 heteroatoms. The Kier molecular flexibility index (Phi) is 22.0. The number of halogens is 1. The van der Waals surface area contributed by atoms with Crippen molar-refractivity contribution in [3.05, 3.63) is 218 Å². The van der Waals surface area contributed by atoms with Gasteiger partial charge in [0.15, 0.2) is 0 Å². The molecule has 24 nitrogen and oxygen atoms in total. The molecule has 0 atom stereocenters. The highest BCUT2D eigenvalue weighted by atomic mass is 127. The number of aromatic carboxylic acids is 1. The van der Waals surface area contributed by atoms with E-state index in [1.54, 1.807) is 116 Å². The molecule has 0 saturated heterocycles. The Hall–Kier alpha value is -13.0. The zero-order valence-electron chi connectivity index (χ0n) is 52.9. The Labute approximate surface area is 563 Å². The second kappa shape index (κ2) is 31.4. The number of benzene rings is 5. The van der Waals surface area contributed by atoms with E-state index < -0.39 is 5.97 Å². The molecule has 0 aliphatic heterocycles. The van der Waals surface area contributed by atoms with Crippen molar-refractivity contribution in [1.29, 1.82) is 15.8 Å². The number of nitrogens with one attached hydrogen (secondary N) is 2. The van der Waals surface area contributed by atoms with E-state index in [1.807, 2.05) is 118 Å². The van der Waals surface area contributed by atoms with Crippen LogP contribution in [0.25, 0.3) is 102 Å². The lowest BCUT2D eigenvalue weighted by Gasteiger charge is -2.06. The Morgan fingerprint density at radius 1 is 0.542 bits per heavy atom. The molecule has 0 radical (unpaired) electrons. The predicted octanol–water partition coefficient (Wildman–Crippen LogP) is 13.7. The third-order valence-corrected chi connectivity index (χ3v) is 15.4. The van der Waals surface area contributed by atoms with Gasteiger partial charge in [0.25, 0.3) is 0 Å². The first-order valence-corrected chi connectivity index (χ1v) is 29.8. The number of hydrogen-bond acceptors (Lipinski definition) is 17. The lowest BCUT2D eigenvalue weighted by atomic mass is 10.1. The number of carboxylic acid groups (broad SMARTS) is 1. The number of nitriles is 3. The lowest BCUT2D eigenvalue weighted by molar-refractivity contribution is 0.0693. The van der Waals surface area contributed by atoms with Gasteiger partial charge in [-0.2, -0.15) is 41.3 Å². The van der Waals surface area contributed by atoms with Crippen LogP contribution in [0.4, 0.5) is 5.69 Å². The van der Waals surface area contributed by atoms with Crippen LogP contribution in [0.15, 0.2) is 141 Å². The molecular formula is C71H58IN17O7. The number of aromatic amines is 2. The van der Waals surface area contributed by atoms with Crippen LogP contribution in [0.5, 0.6) is 28.7 Å². The largest absolute Gasteiger partial charge is 0.507 e. The van der Waals surface area contributed by atoms with Crippen LogP contribution in [-0.4, -0.2) is 111 Å². The molecule has 96 heavy (non-hydrogen) atoms. The number of aromatic nitrogens is 13. The molecule has 8 heterocycles. The van der Waals surface area contributed by atoms with Gasteiger partial charge in [-0.1, -0.05) is 49.1 Å². The molecule has 13 rings (SSSR count). The summed E-state index contributed by atoms with van der Waals surface area (Å²) in [6, 6.07) is 35.4. The summed E-state index contributed by atoms with van der Waals surface area (Å²) in [5, 5.41) is 68.0. The molecule has 3 N–H and O–H groups in total. The first kappa shape index (κ1) is 67.4. The number of methoxy groups -OCH3 is 5. The number of ether oxygens (including phenoxy) is 5. The molecule has 5 aromatic carbocycles. The van der Waals surface area contributed by atoms with Crippen LogP contribution in [-0.2, 0) is 21.1 Å². The molecular weight excluding hydrogens is 1330 g/mol. The highest BCUT2D eigenvalue weighted by Gasteiger charge is 2.21. The number of carboxylic acids is 1. The highest BCUT2D eigenvalue weighted by Crippen LogP contribution is 2.39. The number of carbonyl (C=O) groups is 1. The second-order valence-electron chi connectivity index (χ2n) is 20.2. The normalized spacial score (nSPS) is 10.7. The molecule has 0 amide bonds. The molecule has 0 aliphatic rings. The summed E-state index contributed by atoms with van der Waals surface area (Å²) in [5.41, 5.74) is 12.2. The number of pyridine rings is 3. The Morgan fingerprint density at radius 2 is 1.01 bits per heavy atom. The standard InChI is InChI=1S/C17H14N4O.C16H12N4O.C16H13N3O3.C12H11N3O.C10H8IN3O/c1-21-15-8-6-13(10-18)17(22-2)16(15)14(20-21)7-5-12-4-3-9-19-11-12;1-21-16-12(9-17)5-7-14-15(16)13(19-20-14)6-4-11-3-2-8-18-10-11;1-22-15-11(16(20)21)5-7-13-14(15)12(18-19-13)6-4-10-3-2-8-17-9-10;1-5-8-11-10(15(3)14-8)7-6-9(13-2)12(11)16-4;1-14-7-4-3-6(5-12)9(15-2)8(7)10(11)13-14/h3-9,11H,1-2H3;2-8,10H,1H3,(H,19,20);2-9H,1H3,(H,18,19)(H,20,21);5-7H,1H2,3-4H3;3-4H,1-2H3/b7-5+;2*6-4+;;. The Bertz CT molecular complexity index is 5280. The molecule has 0 unspecified atom stereocenters. The monoisotopic (exact) mass is 1390 g/mol. The second-order valence-corrected chi connectivity index (χ2v) is 21.2. The SMILES string of the molecule is COc1c(C#N)ccc2[nH]nc(/C=C/c3cccnc3)c12.COc1c(C#N)ccc2c1c(/C=C/c1cccnc1)nn2C.COc1c(C#N)ccc2c1c(I)nn2C.COc1c(C(=O)O)ccc2n[nH]c(/C=C/c3cccnc3)c12.[C-]#[N+]c1ccc2c(c(C=C)nn2C)c1OC. The van der Waals surface area contributed by atoms with Crippen molar-refractivity contribution in [3.8, 4) is 47.0 Å². The van der Waals surface area contributed by atoms with Gasteiger partial charge in [0, 0.05) is 58.3 Å². The van der Waals surface area contributed by atoms with Crippen LogP contribution in [0.2, 0.25) is 0 Å². The summed E-state index contributed by atoms with van der Waals surface area (Å²) in [6.07, 6.45) is 23.4.